The van der Waals surface area contributed by atoms with Gasteiger partial charge in [0, 0.05) is 4.47 Å². The standard InChI is InChI=1S/C18H20BrNO/c1-3-20-18(16-7-4-12(2)8-17(16)19)13-5-6-14-10-21-11-15(14)9-13/h4-9,18,20H,3,10-11H2,1-2H3. The highest BCUT2D eigenvalue weighted by molar-refractivity contribution is 9.10. The predicted molar refractivity (Wildman–Crippen MR) is 89.3 cm³/mol. The summed E-state index contributed by atoms with van der Waals surface area (Å²) < 4.78 is 6.68. The van der Waals surface area contributed by atoms with Crippen LogP contribution in [0.4, 0.5) is 0 Å². The summed E-state index contributed by atoms with van der Waals surface area (Å²) in [4.78, 5) is 0. The van der Waals surface area contributed by atoms with Crippen molar-refractivity contribution < 1.29 is 4.74 Å². The molecule has 21 heavy (non-hydrogen) atoms. The van der Waals surface area contributed by atoms with Gasteiger partial charge in [-0.15, -0.1) is 0 Å². The Morgan fingerprint density at radius 3 is 2.71 bits per heavy atom. The van der Waals surface area contributed by atoms with Gasteiger partial charge in [0.05, 0.1) is 19.3 Å². The maximum absolute atomic E-state index is 5.53. The average Bonchev–Trinajstić information content (AvgIpc) is 2.93. The van der Waals surface area contributed by atoms with E-state index in [1.165, 1.54) is 27.8 Å². The summed E-state index contributed by atoms with van der Waals surface area (Å²) in [5.74, 6) is 0. The molecule has 0 bridgehead atoms. The van der Waals surface area contributed by atoms with Crippen LogP contribution in [0.3, 0.4) is 0 Å². The van der Waals surface area contributed by atoms with E-state index in [2.05, 4.69) is 71.5 Å². The molecule has 0 saturated carbocycles. The van der Waals surface area contributed by atoms with E-state index < -0.39 is 0 Å². The fourth-order valence-electron chi connectivity index (χ4n) is 2.85. The quantitative estimate of drug-likeness (QED) is 0.881. The van der Waals surface area contributed by atoms with E-state index in [1.54, 1.807) is 0 Å². The lowest BCUT2D eigenvalue weighted by Crippen LogP contribution is -2.22. The summed E-state index contributed by atoms with van der Waals surface area (Å²) >= 11 is 3.71. The van der Waals surface area contributed by atoms with Crippen LogP contribution >= 0.6 is 15.9 Å². The van der Waals surface area contributed by atoms with E-state index in [0.29, 0.717) is 0 Å². The first kappa shape index (κ1) is 14.8. The summed E-state index contributed by atoms with van der Waals surface area (Å²) in [6, 6.07) is 13.4. The van der Waals surface area contributed by atoms with Crippen molar-refractivity contribution in [2.45, 2.75) is 33.1 Å². The fourth-order valence-corrected chi connectivity index (χ4v) is 3.57. The Morgan fingerprint density at radius 2 is 1.95 bits per heavy atom. The van der Waals surface area contributed by atoms with Gasteiger partial charge in [0.1, 0.15) is 0 Å². The zero-order valence-electron chi connectivity index (χ0n) is 12.4. The maximum Gasteiger partial charge on any atom is 0.0725 e. The number of fused-ring (bicyclic) bond motifs is 1. The topological polar surface area (TPSA) is 21.3 Å². The van der Waals surface area contributed by atoms with Crippen LogP contribution < -0.4 is 5.32 Å². The van der Waals surface area contributed by atoms with Crippen molar-refractivity contribution in [2.75, 3.05) is 6.54 Å². The third kappa shape index (κ3) is 3.05. The Kier molecular flexibility index (Phi) is 4.43. The van der Waals surface area contributed by atoms with Gasteiger partial charge >= 0.3 is 0 Å². The van der Waals surface area contributed by atoms with Crippen LogP contribution in [-0.2, 0) is 18.0 Å². The molecule has 0 spiro atoms. The first-order valence-electron chi connectivity index (χ1n) is 7.38. The van der Waals surface area contributed by atoms with Crippen molar-refractivity contribution in [2.24, 2.45) is 0 Å². The van der Waals surface area contributed by atoms with Crippen LogP contribution in [0.15, 0.2) is 40.9 Å². The van der Waals surface area contributed by atoms with Gasteiger partial charge in [-0.1, -0.05) is 53.2 Å². The summed E-state index contributed by atoms with van der Waals surface area (Å²) in [6.45, 7) is 6.67. The van der Waals surface area contributed by atoms with E-state index in [-0.39, 0.29) is 6.04 Å². The third-order valence-electron chi connectivity index (χ3n) is 3.95. The molecule has 1 atom stereocenters. The van der Waals surface area contributed by atoms with E-state index in [4.69, 9.17) is 4.74 Å². The highest BCUT2D eigenvalue weighted by Crippen LogP contribution is 2.31. The van der Waals surface area contributed by atoms with Crippen LogP contribution in [0, 0.1) is 6.92 Å². The minimum atomic E-state index is 0.205. The zero-order valence-corrected chi connectivity index (χ0v) is 14.0. The molecule has 2 aromatic rings. The Hall–Kier alpha value is -1.16. The Balaban J connectivity index is 2.01. The number of hydrogen-bond donors (Lipinski definition) is 1. The molecule has 1 aliphatic rings. The van der Waals surface area contributed by atoms with Crippen molar-refractivity contribution in [1.82, 2.24) is 5.32 Å². The minimum absolute atomic E-state index is 0.205. The molecule has 1 heterocycles. The first-order chi connectivity index (χ1) is 10.2. The number of ether oxygens (including phenoxy) is 1. The van der Waals surface area contributed by atoms with Crippen LogP contribution in [0.2, 0.25) is 0 Å². The second-order valence-electron chi connectivity index (χ2n) is 5.54. The number of aryl methyl sites for hydroxylation is 1. The van der Waals surface area contributed by atoms with Crippen molar-refractivity contribution in [3.63, 3.8) is 0 Å². The van der Waals surface area contributed by atoms with Gasteiger partial charge in [-0.25, -0.2) is 0 Å². The molecule has 110 valence electrons. The SMILES string of the molecule is CCNC(c1ccc2c(c1)COC2)c1ccc(C)cc1Br. The largest absolute Gasteiger partial charge is 0.372 e. The van der Waals surface area contributed by atoms with E-state index >= 15 is 0 Å². The molecule has 0 aromatic heterocycles. The summed E-state index contributed by atoms with van der Waals surface area (Å²) in [6.07, 6.45) is 0. The summed E-state index contributed by atoms with van der Waals surface area (Å²) in [5.41, 5.74) is 6.48. The number of nitrogens with one attached hydrogen (secondary N) is 1. The molecule has 3 rings (SSSR count). The van der Waals surface area contributed by atoms with Crippen molar-refractivity contribution >= 4 is 15.9 Å². The lowest BCUT2D eigenvalue weighted by atomic mass is 9.95. The fraction of sp³-hybridized carbons (Fsp3) is 0.333. The predicted octanol–water partition coefficient (Wildman–Crippen LogP) is 4.49. The van der Waals surface area contributed by atoms with Crippen molar-refractivity contribution in [3.8, 4) is 0 Å². The molecule has 0 radical (unpaired) electrons. The van der Waals surface area contributed by atoms with E-state index in [9.17, 15) is 0 Å². The van der Waals surface area contributed by atoms with Crippen LogP contribution in [0.1, 0.15) is 40.8 Å². The summed E-state index contributed by atoms with van der Waals surface area (Å²) in [7, 11) is 0. The van der Waals surface area contributed by atoms with Gasteiger partial charge in [0.2, 0.25) is 0 Å². The lowest BCUT2D eigenvalue weighted by molar-refractivity contribution is 0.134. The zero-order chi connectivity index (χ0) is 14.8. The smallest absolute Gasteiger partial charge is 0.0725 e. The molecular formula is C18H20BrNO. The van der Waals surface area contributed by atoms with Crippen LogP contribution in [0.5, 0.6) is 0 Å². The van der Waals surface area contributed by atoms with Crippen molar-refractivity contribution in [3.05, 3.63) is 68.7 Å². The molecule has 1 N–H and O–H groups in total. The van der Waals surface area contributed by atoms with Gasteiger partial charge in [-0.3, -0.25) is 0 Å². The molecule has 2 aromatic carbocycles. The number of rotatable bonds is 4. The molecule has 3 heteroatoms. The van der Waals surface area contributed by atoms with E-state index in [1.807, 2.05) is 0 Å². The summed E-state index contributed by atoms with van der Waals surface area (Å²) in [5, 5.41) is 3.60. The molecule has 2 nitrogen and oxygen atoms in total. The second-order valence-corrected chi connectivity index (χ2v) is 6.39. The van der Waals surface area contributed by atoms with Gasteiger partial charge in [-0.05, 0) is 47.4 Å². The third-order valence-corrected chi connectivity index (χ3v) is 4.64. The number of halogens is 1. The van der Waals surface area contributed by atoms with Gasteiger partial charge in [-0.2, -0.15) is 0 Å². The lowest BCUT2D eigenvalue weighted by Gasteiger charge is -2.21. The van der Waals surface area contributed by atoms with Crippen LogP contribution in [-0.4, -0.2) is 6.54 Å². The van der Waals surface area contributed by atoms with Crippen LogP contribution in [0.25, 0.3) is 0 Å². The Labute approximate surface area is 134 Å². The van der Waals surface area contributed by atoms with Gasteiger partial charge in [0.15, 0.2) is 0 Å². The molecule has 1 unspecified atom stereocenters. The maximum atomic E-state index is 5.53. The van der Waals surface area contributed by atoms with Crippen molar-refractivity contribution in [1.29, 1.82) is 0 Å². The van der Waals surface area contributed by atoms with E-state index in [0.717, 1.165) is 24.2 Å². The second kappa shape index (κ2) is 6.30. The molecule has 0 amide bonds. The van der Waals surface area contributed by atoms with Gasteiger partial charge in [0.25, 0.3) is 0 Å². The normalized spacial score (nSPS) is 15.0. The molecular weight excluding hydrogens is 326 g/mol. The first-order valence-corrected chi connectivity index (χ1v) is 8.17. The molecule has 0 aliphatic carbocycles. The number of hydrogen-bond acceptors (Lipinski definition) is 2. The number of benzene rings is 2. The molecule has 1 aliphatic heterocycles. The Bertz CT molecular complexity index is 654. The average molecular weight is 346 g/mol. The Morgan fingerprint density at radius 1 is 1.14 bits per heavy atom. The highest BCUT2D eigenvalue weighted by Gasteiger charge is 2.19. The highest BCUT2D eigenvalue weighted by atomic mass is 79.9. The molecule has 0 saturated heterocycles. The molecule has 0 fully saturated rings. The minimum Gasteiger partial charge on any atom is -0.372 e. The van der Waals surface area contributed by atoms with Gasteiger partial charge < -0.3 is 10.1 Å². The monoisotopic (exact) mass is 345 g/mol.